The topological polar surface area (TPSA) is 46.3 Å². The Kier molecular flexibility index (Phi) is 8.63. The number of benzene rings is 7. The van der Waals surface area contributed by atoms with E-state index in [1.54, 1.807) is 5.57 Å². The molecule has 7 aromatic carbocycles. The van der Waals surface area contributed by atoms with Crippen molar-refractivity contribution < 1.29 is 0 Å². The molecule has 3 heterocycles. The molecule has 0 fully saturated rings. The molecule has 318 valence electrons. The first-order valence-electron chi connectivity index (χ1n) is 24.0. The standard InChI is InChI=1S/C61H49N5/c1-2-17-40(18-3-1)59-62-60(48-27-14-21-38-15-6-8-22-44(38)48)64-61(63-59)49-31-34-54(47-25-11-10-24-46(47)49)66-55-33-30-43(37-52(55)51-35-41-19-4-5-20-42(41)36-57(51)66)65-53-28-13-12-26-50(53)58-45-23-9-7-16-39(45)29-32-56(58)65/h1-5,8-10,12-14,17-24,26-28,30-31,33-37,59-60,62H,6-7,11,15-16,25,29,32H2,(H,63,64). The van der Waals surface area contributed by atoms with Crippen LogP contribution in [-0.2, 0) is 19.3 Å². The summed E-state index contributed by atoms with van der Waals surface area (Å²) in [6, 6.07) is 52.1. The summed E-state index contributed by atoms with van der Waals surface area (Å²) in [7, 11) is 0. The molecule has 1 aliphatic heterocycles. The number of aromatic nitrogens is 2. The van der Waals surface area contributed by atoms with E-state index in [4.69, 9.17) is 4.99 Å². The van der Waals surface area contributed by atoms with Crippen molar-refractivity contribution in [1.82, 2.24) is 19.8 Å². The van der Waals surface area contributed by atoms with Crippen LogP contribution in [0.1, 0.15) is 94.6 Å². The molecule has 5 heteroatoms. The van der Waals surface area contributed by atoms with E-state index in [2.05, 4.69) is 196 Å². The summed E-state index contributed by atoms with van der Waals surface area (Å²) in [5.41, 5.74) is 21.0. The number of fused-ring (bicyclic) bond motifs is 10. The summed E-state index contributed by atoms with van der Waals surface area (Å²) in [5.74, 6) is 0.922. The first-order chi connectivity index (χ1) is 32.7. The smallest absolute Gasteiger partial charge is 0.132 e. The van der Waals surface area contributed by atoms with Crippen LogP contribution in [0.3, 0.4) is 0 Å². The van der Waals surface area contributed by atoms with Crippen molar-refractivity contribution in [2.45, 2.75) is 63.7 Å². The molecule has 0 saturated carbocycles. The van der Waals surface area contributed by atoms with Crippen LogP contribution in [0.5, 0.6) is 0 Å². The Morgan fingerprint density at radius 3 is 2.24 bits per heavy atom. The molecule has 2 atom stereocenters. The van der Waals surface area contributed by atoms with Gasteiger partial charge in [-0.15, -0.1) is 0 Å². The molecular formula is C61H49N5. The molecule has 0 bridgehead atoms. The van der Waals surface area contributed by atoms with Crippen LogP contribution in [0.2, 0.25) is 0 Å². The van der Waals surface area contributed by atoms with Crippen molar-refractivity contribution in [3.05, 3.63) is 220 Å². The fourth-order valence-corrected chi connectivity index (χ4v) is 12.1. The van der Waals surface area contributed by atoms with E-state index in [-0.39, 0.29) is 12.3 Å². The van der Waals surface area contributed by atoms with E-state index in [1.165, 1.54) is 106 Å². The minimum atomic E-state index is -0.209. The molecule has 0 amide bonds. The minimum Gasteiger partial charge on any atom is -0.350 e. The number of allylic oxidation sites excluding steroid dienone is 6. The summed E-state index contributed by atoms with van der Waals surface area (Å²) < 4.78 is 5.14. The van der Waals surface area contributed by atoms with Crippen molar-refractivity contribution in [2.24, 2.45) is 4.99 Å². The fraction of sp³-hybridized carbons (Fsp3) is 0.164. The van der Waals surface area contributed by atoms with Gasteiger partial charge in [0, 0.05) is 38.7 Å². The van der Waals surface area contributed by atoms with Gasteiger partial charge in [-0.2, -0.15) is 0 Å². The molecule has 0 saturated heterocycles. The maximum absolute atomic E-state index is 5.48. The first kappa shape index (κ1) is 37.9. The van der Waals surface area contributed by atoms with E-state index in [0.29, 0.717) is 0 Å². The second-order valence-corrected chi connectivity index (χ2v) is 18.7. The maximum atomic E-state index is 5.48. The highest BCUT2D eigenvalue weighted by atomic mass is 15.3. The second kappa shape index (κ2) is 15.0. The monoisotopic (exact) mass is 851 g/mol. The number of hydrogen-bond acceptors (Lipinski definition) is 3. The van der Waals surface area contributed by atoms with Gasteiger partial charge in [0.2, 0.25) is 0 Å². The highest BCUT2D eigenvalue weighted by molar-refractivity contribution is 6.15. The van der Waals surface area contributed by atoms with Gasteiger partial charge in [0.15, 0.2) is 0 Å². The van der Waals surface area contributed by atoms with Gasteiger partial charge in [0.25, 0.3) is 0 Å². The highest BCUT2D eigenvalue weighted by Gasteiger charge is 2.31. The summed E-state index contributed by atoms with van der Waals surface area (Å²) in [4.78, 5) is 5.48. The van der Waals surface area contributed by atoms with Gasteiger partial charge < -0.3 is 14.5 Å². The molecule has 5 aliphatic rings. The first-order valence-corrected chi connectivity index (χ1v) is 24.0. The van der Waals surface area contributed by atoms with Crippen molar-refractivity contribution in [1.29, 1.82) is 0 Å². The molecule has 14 rings (SSSR count). The van der Waals surface area contributed by atoms with Gasteiger partial charge in [-0.3, -0.25) is 5.32 Å². The van der Waals surface area contributed by atoms with E-state index < -0.39 is 0 Å². The van der Waals surface area contributed by atoms with Gasteiger partial charge in [-0.1, -0.05) is 133 Å². The average molecular weight is 852 g/mol. The Labute approximate surface area is 384 Å². The van der Waals surface area contributed by atoms with Crippen LogP contribution in [-0.4, -0.2) is 15.0 Å². The Morgan fingerprint density at radius 2 is 1.32 bits per heavy atom. The van der Waals surface area contributed by atoms with E-state index >= 15 is 0 Å². The highest BCUT2D eigenvalue weighted by Crippen LogP contribution is 2.45. The van der Waals surface area contributed by atoms with Crippen LogP contribution < -0.4 is 10.6 Å². The molecule has 0 spiro atoms. The lowest BCUT2D eigenvalue weighted by Gasteiger charge is -2.34. The lowest BCUT2D eigenvalue weighted by Crippen LogP contribution is -2.45. The van der Waals surface area contributed by atoms with Crippen molar-refractivity contribution in [3.63, 3.8) is 0 Å². The van der Waals surface area contributed by atoms with Crippen LogP contribution in [0.25, 0.3) is 72.6 Å². The normalized spacial score (nSPS) is 18.6. The van der Waals surface area contributed by atoms with Gasteiger partial charge in [0.05, 0.1) is 22.2 Å². The summed E-state index contributed by atoms with van der Waals surface area (Å²) in [6.07, 6.45) is 22.4. The number of aliphatic imine (C=N–C) groups is 1. The second-order valence-electron chi connectivity index (χ2n) is 18.7. The summed E-state index contributed by atoms with van der Waals surface area (Å²) >= 11 is 0. The quantitative estimate of drug-likeness (QED) is 0.181. The van der Waals surface area contributed by atoms with Crippen LogP contribution in [0.4, 0.5) is 0 Å². The maximum Gasteiger partial charge on any atom is 0.132 e. The molecule has 2 aromatic heterocycles. The van der Waals surface area contributed by atoms with Gasteiger partial charge >= 0.3 is 0 Å². The van der Waals surface area contributed by atoms with Gasteiger partial charge in [0.1, 0.15) is 18.2 Å². The van der Waals surface area contributed by atoms with E-state index in [9.17, 15) is 0 Å². The number of nitrogens with one attached hydrogen (secondary N) is 2. The minimum absolute atomic E-state index is 0.121. The third-order valence-electron chi connectivity index (χ3n) is 15.1. The number of nitrogens with zero attached hydrogens (tertiary/aromatic N) is 3. The number of rotatable bonds is 5. The lowest BCUT2D eigenvalue weighted by atomic mass is 9.83. The molecule has 0 radical (unpaired) electrons. The third kappa shape index (κ3) is 5.86. The van der Waals surface area contributed by atoms with E-state index in [1.807, 2.05) is 0 Å². The predicted octanol–water partition coefficient (Wildman–Crippen LogP) is 14.2. The van der Waals surface area contributed by atoms with E-state index in [0.717, 1.165) is 61.9 Å². The van der Waals surface area contributed by atoms with Gasteiger partial charge in [-0.25, -0.2) is 4.99 Å². The van der Waals surface area contributed by atoms with Gasteiger partial charge in [-0.05, 0) is 150 Å². The number of hydrogen-bond donors (Lipinski definition) is 2. The summed E-state index contributed by atoms with van der Waals surface area (Å²) in [5, 5.41) is 14.3. The Bertz CT molecular complexity index is 3660. The SMILES string of the molecule is C1=CC2=C(CC1)CCc1c2c2ccccc2n1-c1ccc2c(c1)c1cc3ccccc3cc1n2-c1ccc(C2=NC(c3ccccc3)NC(c3cccc4c3C=CCC4)N2)c2c1CCC=C2. The fourth-order valence-electron chi connectivity index (χ4n) is 12.1. The number of amidine groups is 1. The van der Waals surface area contributed by atoms with Crippen LogP contribution in [0, 0.1) is 0 Å². The van der Waals surface area contributed by atoms with Crippen molar-refractivity contribution in [3.8, 4) is 11.4 Å². The molecule has 2 unspecified atom stereocenters. The average Bonchev–Trinajstić information content (AvgIpc) is 3.89. The molecule has 66 heavy (non-hydrogen) atoms. The number of para-hydroxylation sites is 1. The zero-order valence-electron chi connectivity index (χ0n) is 36.9. The van der Waals surface area contributed by atoms with Crippen molar-refractivity contribution in [2.75, 3.05) is 0 Å². The molecule has 9 aromatic rings. The van der Waals surface area contributed by atoms with Crippen molar-refractivity contribution >= 4 is 67.0 Å². The molecular weight excluding hydrogens is 803 g/mol. The van der Waals surface area contributed by atoms with Crippen LogP contribution in [0.15, 0.2) is 174 Å². The Hall–Kier alpha value is -7.47. The lowest BCUT2D eigenvalue weighted by molar-refractivity contribution is 0.408. The zero-order chi connectivity index (χ0) is 43.3. The predicted molar refractivity (Wildman–Crippen MR) is 275 cm³/mol. The largest absolute Gasteiger partial charge is 0.350 e. The third-order valence-corrected chi connectivity index (χ3v) is 15.1. The Morgan fingerprint density at radius 1 is 0.545 bits per heavy atom. The van der Waals surface area contributed by atoms with Crippen LogP contribution >= 0.6 is 0 Å². The molecule has 5 nitrogen and oxygen atoms in total. The summed E-state index contributed by atoms with van der Waals surface area (Å²) in [6.45, 7) is 0. The zero-order valence-corrected chi connectivity index (χ0v) is 36.9. The number of aryl methyl sites for hydroxylation is 1. The Balaban J connectivity index is 0.956. The molecule has 4 aliphatic carbocycles. The molecule has 2 N–H and O–H groups in total.